The van der Waals surface area contributed by atoms with Gasteiger partial charge in [0.05, 0.1) is 4.60 Å². The highest BCUT2D eigenvalue weighted by Gasteiger charge is 2.11. The normalized spacial score (nSPS) is 11.4. The number of hydrogen-bond acceptors (Lipinski definition) is 4. The van der Waals surface area contributed by atoms with Gasteiger partial charge < -0.3 is 0 Å². The highest BCUT2D eigenvalue weighted by molar-refractivity contribution is 9.10. The number of hydrogen-bond donors (Lipinski definition) is 0. The Bertz CT molecular complexity index is 708. The van der Waals surface area contributed by atoms with E-state index in [0.29, 0.717) is 22.1 Å². The minimum atomic E-state index is 0.425. The largest absolute Gasteiger partial charge is 0.274 e. The van der Waals surface area contributed by atoms with Gasteiger partial charge in [-0.1, -0.05) is 11.6 Å². The summed E-state index contributed by atoms with van der Waals surface area (Å²) in [7, 11) is 0. The fourth-order valence-corrected chi connectivity index (χ4v) is 2.34. The first-order valence-electron chi connectivity index (χ1n) is 4.49. The van der Waals surface area contributed by atoms with E-state index in [1.54, 1.807) is 17.7 Å². The lowest BCUT2D eigenvalue weighted by atomic mass is 10.3. The molecule has 7 heteroatoms. The Morgan fingerprint density at radius 3 is 3.00 bits per heavy atom. The maximum Gasteiger partial charge on any atom is 0.188 e. The molecule has 3 heterocycles. The first-order valence-corrected chi connectivity index (χ1v) is 5.66. The Morgan fingerprint density at radius 1 is 1.38 bits per heavy atom. The monoisotopic (exact) mass is 297 g/mol. The van der Waals surface area contributed by atoms with Gasteiger partial charge in [-0.15, -0.1) is 10.2 Å². The molecule has 0 saturated carbocycles. The molecule has 80 valence electrons. The van der Waals surface area contributed by atoms with Crippen LogP contribution >= 0.6 is 27.5 Å². The predicted molar refractivity (Wildman–Crippen MR) is 63.5 cm³/mol. The van der Waals surface area contributed by atoms with E-state index in [9.17, 15) is 0 Å². The molecule has 0 aromatic carbocycles. The molecule has 3 aromatic heterocycles. The number of nitrogens with zero attached hydrogens (tertiary/aromatic N) is 5. The number of aromatic nitrogens is 5. The Hall–Kier alpha value is -1.27. The quantitative estimate of drug-likeness (QED) is 0.472. The fourth-order valence-electron chi connectivity index (χ4n) is 1.59. The van der Waals surface area contributed by atoms with Crippen LogP contribution < -0.4 is 0 Å². The third-order valence-corrected chi connectivity index (χ3v) is 3.16. The lowest BCUT2D eigenvalue weighted by molar-refractivity contribution is 1.07. The van der Waals surface area contributed by atoms with Crippen LogP contribution in [0.2, 0.25) is 5.15 Å². The highest BCUT2D eigenvalue weighted by atomic mass is 79.9. The second-order valence-corrected chi connectivity index (χ2v) is 4.49. The maximum atomic E-state index is 6.07. The second kappa shape index (κ2) is 3.36. The van der Waals surface area contributed by atoms with E-state index in [1.165, 1.54) is 0 Å². The molecule has 0 radical (unpaired) electrons. The van der Waals surface area contributed by atoms with Gasteiger partial charge in [-0.05, 0) is 28.9 Å². The third kappa shape index (κ3) is 1.30. The lowest BCUT2D eigenvalue weighted by Crippen LogP contribution is -1.95. The summed E-state index contributed by atoms with van der Waals surface area (Å²) in [5.41, 5.74) is 1.37. The summed E-state index contributed by atoms with van der Waals surface area (Å²) >= 11 is 9.49. The van der Waals surface area contributed by atoms with Crippen molar-refractivity contribution < 1.29 is 0 Å². The topological polar surface area (TPSA) is 56.0 Å². The van der Waals surface area contributed by atoms with Crippen molar-refractivity contribution >= 4 is 44.1 Å². The highest BCUT2D eigenvalue weighted by Crippen LogP contribution is 2.26. The Balaban J connectivity index is 2.64. The van der Waals surface area contributed by atoms with E-state index >= 15 is 0 Å². The Labute approximate surface area is 104 Å². The van der Waals surface area contributed by atoms with E-state index in [4.69, 9.17) is 11.6 Å². The van der Waals surface area contributed by atoms with E-state index in [2.05, 4.69) is 36.1 Å². The molecule has 0 aliphatic heterocycles. The van der Waals surface area contributed by atoms with Crippen molar-refractivity contribution in [2.45, 2.75) is 6.92 Å². The molecule has 0 aliphatic rings. The molecule has 3 rings (SSSR count). The Kier molecular flexibility index (Phi) is 2.08. The van der Waals surface area contributed by atoms with Crippen molar-refractivity contribution in [3.05, 3.63) is 28.0 Å². The van der Waals surface area contributed by atoms with Gasteiger partial charge in [0.2, 0.25) is 0 Å². The molecule has 3 aromatic rings. The fraction of sp³-hybridized carbons (Fsp3) is 0.111. The second-order valence-electron chi connectivity index (χ2n) is 3.32. The van der Waals surface area contributed by atoms with Crippen LogP contribution in [0.15, 0.2) is 17.0 Å². The zero-order valence-electron chi connectivity index (χ0n) is 8.15. The zero-order valence-corrected chi connectivity index (χ0v) is 10.5. The molecule has 0 atom stereocenters. The van der Waals surface area contributed by atoms with E-state index in [1.807, 2.05) is 6.07 Å². The average molecular weight is 299 g/mol. The minimum absolute atomic E-state index is 0.425. The maximum absolute atomic E-state index is 6.07. The van der Waals surface area contributed by atoms with Crippen LogP contribution in [0.3, 0.4) is 0 Å². The standard InChI is InChI=1S/C9H5BrClN5/c1-4-13-7-5(8(11)14-4)2-6(10)16-3-12-15-9(7)16/h2-3H,1H3. The van der Waals surface area contributed by atoms with Crippen molar-refractivity contribution in [2.75, 3.05) is 0 Å². The van der Waals surface area contributed by atoms with Crippen LogP contribution in [0.5, 0.6) is 0 Å². The van der Waals surface area contributed by atoms with Crippen LogP contribution in [0, 0.1) is 6.92 Å². The summed E-state index contributed by atoms with van der Waals surface area (Å²) in [5.74, 6) is 0.615. The molecule has 0 amide bonds. The molecule has 0 fully saturated rings. The van der Waals surface area contributed by atoms with E-state index in [0.717, 1.165) is 9.99 Å². The number of aryl methyl sites for hydroxylation is 1. The summed E-state index contributed by atoms with van der Waals surface area (Å²) in [6.45, 7) is 1.79. The number of halogens is 2. The SMILES string of the molecule is Cc1nc(Cl)c2cc(Br)n3cnnc3c2n1. The van der Waals surface area contributed by atoms with Crippen LogP contribution in [0.25, 0.3) is 16.6 Å². The van der Waals surface area contributed by atoms with Crippen molar-refractivity contribution in [1.29, 1.82) is 0 Å². The smallest absolute Gasteiger partial charge is 0.188 e. The van der Waals surface area contributed by atoms with E-state index < -0.39 is 0 Å². The average Bonchev–Trinajstić information content (AvgIpc) is 2.69. The summed E-state index contributed by atoms with van der Waals surface area (Å²) in [4.78, 5) is 8.45. The third-order valence-electron chi connectivity index (χ3n) is 2.26. The van der Waals surface area contributed by atoms with Gasteiger partial charge in [-0.3, -0.25) is 4.40 Å². The summed E-state index contributed by atoms with van der Waals surface area (Å²) < 4.78 is 2.61. The minimum Gasteiger partial charge on any atom is -0.274 e. The van der Waals surface area contributed by atoms with Gasteiger partial charge >= 0.3 is 0 Å². The van der Waals surface area contributed by atoms with Gasteiger partial charge in [-0.25, -0.2) is 9.97 Å². The molecule has 0 spiro atoms. The van der Waals surface area contributed by atoms with Crippen LogP contribution in [0.4, 0.5) is 0 Å². The molecule has 16 heavy (non-hydrogen) atoms. The molecular formula is C9H5BrClN5. The summed E-state index contributed by atoms with van der Waals surface area (Å²) in [6, 6.07) is 1.85. The van der Waals surface area contributed by atoms with Crippen LogP contribution in [0.1, 0.15) is 5.82 Å². The van der Waals surface area contributed by atoms with Crippen molar-refractivity contribution in [1.82, 2.24) is 24.6 Å². The van der Waals surface area contributed by atoms with Crippen molar-refractivity contribution in [3.8, 4) is 0 Å². The molecule has 5 nitrogen and oxygen atoms in total. The Morgan fingerprint density at radius 2 is 2.19 bits per heavy atom. The molecule has 0 saturated heterocycles. The van der Waals surface area contributed by atoms with Gasteiger partial charge in [0.25, 0.3) is 0 Å². The van der Waals surface area contributed by atoms with Gasteiger partial charge in [0, 0.05) is 5.39 Å². The first-order chi connectivity index (χ1) is 7.66. The zero-order chi connectivity index (χ0) is 11.3. The molecule has 0 N–H and O–H groups in total. The van der Waals surface area contributed by atoms with Crippen LogP contribution in [-0.4, -0.2) is 24.6 Å². The van der Waals surface area contributed by atoms with Crippen molar-refractivity contribution in [3.63, 3.8) is 0 Å². The van der Waals surface area contributed by atoms with Gasteiger partial charge in [0.1, 0.15) is 22.8 Å². The number of fused-ring (bicyclic) bond motifs is 3. The lowest BCUT2D eigenvalue weighted by Gasteiger charge is -2.04. The summed E-state index contributed by atoms with van der Waals surface area (Å²) in [6.07, 6.45) is 1.62. The summed E-state index contributed by atoms with van der Waals surface area (Å²) in [5, 5.41) is 9.06. The molecule has 0 bridgehead atoms. The van der Waals surface area contributed by atoms with Gasteiger partial charge in [0.15, 0.2) is 5.65 Å². The molecule has 0 unspecified atom stereocenters. The number of pyridine rings is 1. The number of rotatable bonds is 0. The van der Waals surface area contributed by atoms with E-state index in [-0.39, 0.29) is 0 Å². The van der Waals surface area contributed by atoms with Crippen molar-refractivity contribution in [2.24, 2.45) is 0 Å². The molecular weight excluding hydrogens is 293 g/mol. The van der Waals surface area contributed by atoms with Crippen LogP contribution in [-0.2, 0) is 0 Å². The molecule has 0 aliphatic carbocycles. The predicted octanol–water partition coefficient (Wildman–Crippen LogP) is 2.40. The van der Waals surface area contributed by atoms with Gasteiger partial charge in [-0.2, -0.15) is 0 Å². The first kappa shape index (κ1) is 9.92.